The number of aliphatic carboxylic acids is 1. The van der Waals surface area contributed by atoms with Crippen molar-refractivity contribution in [2.45, 2.75) is 19.0 Å². The Balaban J connectivity index is 2.16. The molecular weight excluding hydrogens is 218 g/mol. The van der Waals surface area contributed by atoms with Crippen LogP contribution in [-0.2, 0) is 4.79 Å². The lowest BCUT2D eigenvalue weighted by atomic mass is 10.0. The van der Waals surface area contributed by atoms with Crippen molar-refractivity contribution in [1.82, 2.24) is 15.2 Å². The van der Waals surface area contributed by atoms with Crippen molar-refractivity contribution in [2.24, 2.45) is 0 Å². The van der Waals surface area contributed by atoms with Crippen LogP contribution >= 0.6 is 0 Å². The van der Waals surface area contributed by atoms with Crippen LogP contribution in [0, 0.1) is 0 Å². The monoisotopic (exact) mass is 235 g/mol. The lowest BCUT2D eigenvalue weighted by molar-refractivity contribution is -0.145. The van der Waals surface area contributed by atoms with Crippen LogP contribution in [0.15, 0.2) is 24.5 Å². The lowest BCUT2D eigenvalue weighted by Gasteiger charge is -2.38. The first-order valence-corrected chi connectivity index (χ1v) is 5.79. The smallest absolute Gasteiger partial charge is 0.322 e. The third-order valence-electron chi connectivity index (χ3n) is 3.26. The maximum Gasteiger partial charge on any atom is 0.322 e. The summed E-state index contributed by atoms with van der Waals surface area (Å²) in [6, 6.07) is 3.52. The maximum absolute atomic E-state index is 11.2. The zero-order valence-electron chi connectivity index (χ0n) is 9.84. The Morgan fingerprint density at radius 3 is 2.94 bits per heavy atom. The van der Waals surface area contributed by atoms with Crippen molar-refractivity contribution < 1.29 is 9.90 Å². The number of piperazine rings is 1. The Labute approximate surface area is 100 Å². The maximum atomic E-state index is 11.2. The van der Waals surface area contributed by atoms with Gasteiger partial charge in [-0.05, 0) is 24.6 Å². The Bertz CT molecular complexity index is 383. The summed E-state index contributed by atoms with van der Waals surface area (Å²) in [5.74, 6) is -0.766. The molecule has 1 aromatic rings. The van der Waals surface area contributed by atoms with E-state index in [0.29, 0.717) is 6.54 Å². The van der Waals surface area contributed by atoms with Crippen molar-refractivity contribution in [2.75, 3.05) is 19.6 Å². The molecule has 0 saturated carbocycles. The SMILES string of the molecule is CC(c1ccncc1)N1CCNCC1C(=O)O. The summed E-state index contributed by atoms with van der Waals surface area (Å²) in [6.45, 7) is 4.13. The number of rotatable bonds is 3. The van der Waals surface area contributed by atoms with Gasteiger partial charge >= 0.3 is 5.97 Å². The highest BCUT2D eigenvalue weighted by molar-refractivity contribution is 5.74. The largest absolute Gasteiger partial charge is 0.480 e. The number of nitrogens with zero attached hydrogens (tertiary/aromatic N) is 2. The number of carbonyl (C=O) groups is 1. The summed E-state index contributed by atoms with van der Waals surface area (Å²) in [5, 5.41) is 12.3. The standard InChI is InChI=1S/C12H17N3O2/c1-9(10-2-4-13-5-3-10)15-7-6-14-8-11(15)12(16)17/h2-5,9,11,14H,6-8H2,1H3,(H,16,17). The van der Waals surface area contributed by atoms with Gasteiger partial charge in [0.2, 0.25) is 0 Å². The minimum Gasteiger partial charge on any atom is -0.480 e. The molecule has 1 aliphatic rings. The van der Waals surface area contributed by atoms with Gasteiger partial charge in [0, 0.05) is 38.1 Å². The average molecular weight is 235 g/mol. The molecule has 0 aromatic carbocycles. The molecule has 0 aliphatic carbocycles. The molecule has 0 amide bonds. The third kappa shape index (κ3) is 2.62. The van der Waals surface area contributed by atoms with Gasteiger partial charge in [0.1, 0.15) is 6.04 Å². The highest BCUT2D eigenvalue weighted by Gasteiger charge is 2.31. The summed E-state index contributed by atoms with van der Waals surface area (Å²) in [6.07, 6.45) is 3.48. The van der Waals surface area contributed by atoms with E-state index >= 15 is 0 Å². The molecule has 92 valence electrons. The van der Waals surface area contributed by atoms with Crippen LogP contribution in [0.25, 0.3) is 0 Å². The number of nitrogens with one attached hydrogen (secondary N) is 1. The van der Waals surface area contributed by atoms with Gasteiger partial charge in [0.15, 0.2) is 0 Å². The van der Waals surface area contributed by atoms with Crippen molar-refractivity contribution in [3.8, 4) is 0 Å². The molecule has 2 rings (SSSR count). The molecule has 1 saturated heterocycles. The van der Waals surface area contributed by atoms with Crippen LogP contribution < -0.4 is 5.32 Å². The number of carboxylic acid groups (broad SMARTS) is 1. The van der Waals surface area contributed by atoms with Gasteiger partial charge in [0.05, 0.1) is 0 Å². The van der Waals surface area contributed by atoms with Gasteiger partial charge in [-0.2, -0.15) is 0 Å². The average Bonchev–Trinajstić information content (AvgIpc) is 2.39. The van der Waals surface area contributed by atoms with Crippen LogP contribution in [0.3, 0.4) is 0 Å². The number of hydrogen-bond acceptors (Lipinski definition) is 4. The first kappa shape index (κ1) is 12.0. The molecule has 2 unspecified atom stereocenters. The fourth-order valence-corrected chi connectivity index (χ4v) is 2.25. The minimum absolute atomic E-state index is 0.0983. The molecule has 1 aromatic heterocycles. The molecule has 17 heavy (non-hydrogen) atoms. The predicted molar refractivity (Wildman–Crippen MR) is 63.7 cm³/mol. The predicted octanol–water partition coefficient (Wildman–Crippen LogP) is 0.501. The fraction of sp³-hybridized carbons (Fsp3) is 0.500. The summed E-state index contributed by atoms with van der Waals surface area (Å²) in [7, 11) is 0. The molecule has 2 atom stereocenters. The van der Waals surface area contributed by atoms with E-state index < -0.39 is 12.0 Å². The molecule has 0 spiro atoms. The molecule has 1 fully saturated rings. The highest BCUT2D eigenvalue weighted by Crippen LogP contribution is 2.22. The molecule has 5 nitrogen and oxygen atoms in total. The number of aromatic nitrogens is 1. The topological polar surface area (TPSA) is 65.5 Å². The quantitative estimate of drug-likeness (QED) is 0.798. The van der Waals surface area contributed by atoms with Gasteiger partial charge in [0.25, 0.3) is 0 Å². The summed E-state index contributed by atoms with van der Waals surface area (Å²) in [4.78, 5) is 17.2. The number of carboxylic acids is 1. The van der Waals surface area contributed by atoms with Gasteiger partial charge in [-0.3, -0.25) is 14.7 Å². The van der Waals surface area contributed by atoms with E-state index in [0.717, 1.165) is 18.7 Å². The van der Waals surface area contributed by atoms with E-state index in [1.54, 1.807) is 12.4 Å². The molecule has 2 heterocycles. The van der Waals surface area contributed by atoms with Crippen molar-refractivity contribution in [3.63, 3.8) is 0 Å². The molecule has 2 N–H and O–H groups in total. The molecule has 0 radical (unpaired) electrons. The summed E-state index contributed by atoms with van der Waals surface area (Å²) >= 11 is 0. The highest BCUT2D eigenvalue weighted by atomic mass is 16.4. The van der Waals surface area contributed by atoms with Gasteiger partial charge < -0.3 is 10.4 Å². The van der Waals surface area contributed by atoms with E-state index in [-0.39, 0.29) is 6.04 Å². The second-order valence-corrected chi connectivity index (χ2v) is 4.25. The van der Waals surface area contributed by atoms with Gasteiger partial charge in [-0.15, -0.1) is 0 Å². The Morgan fingerprint density at radius 1 is 1.59 bits per heavy atom. The minimum atomic E-state index is -0.766. The second kappa shape index (κ2) is 5.25. The van der Waals surface area contributed by atoms with Crippen LogP contribution in [0.4, 0.5) is 0 Å². The normalized spacial score (nSPS) is 23.2. The van der Waals surface area contributed by atoms with Crippen molar-refractivity contribution in [1.29, 1.82) is 0 Å². The summed E-state index contributed by atoms with van der Waals surface area (Å²) in [5.41, 5.74) is 1.10. The van der Waals surface area contributed by atoms with E-state index in [4.69, 9.17) is 0 Å². The fourth-order valence-electron chi connectivity index (χ4n) is 2.25. The molecule has 1 aliphatic heterocycles. The lowest BCUT2D eigenvalue weighted by Crippen LogP contribution is -2.55. The van der Waals surface area contributed by atoms with E-state index in [1.165, 1.54) is 0 Å². The Hall–Kier alpha value is -1.46. The first-order valence-electron chi connectivity index (χ1n) is 5.79. The van der Waals surface area contributed by atoms with Gasteiger partial charge in [-0.1, -0.05) is 0 Å². The Kier molecular flexibility index (Phi) is 3.71. The van der Waals surface area contributed by atoms with Crippen molar-refractivity contribution >= 4 is 5.97 Å². The first-order chi connectivity index (χ1) is 8.20. The number of hydrogen-bond donors (Lipinski definition) is 2. The van der Waals surface area contributed by atoms with Crippen LogP contribution in [0.2, 0.25) is 0 Å². The molecule has 5 heteroatoms. The van der Waals surface area contributed by atoms with E-state index in [2.05, 4.69) is 10.3 Å². The van der Waals surface area contributed by atoms with Crippen LogP contribution in [0.5, 0.6) is 0 Å². The second-order valence-electron chi connectivity index (χ2n) is 4.25. The third-order valence-corrected chi connectivity index (χ3v) is 3.26. The Morgan fingerprint density at radius 2 is 2.29 bits per heavy atom. The van der Waals surface area contributed by atoms with Crippen molar-refractivity contribution in [3.05, 3.63) is 30.1 Å². The van der Waals surface area contributed by atoms with E-state index in [9.17, 15) is 9.90 Å². The molecule has 0 bridgehead atoms. The zero-order chi connectivity index (χ0) is 12.3. The zero-order valence-corrected chi connectivity index (χ0v) is 9.84. The van der Waals surface area contributed by atoms with Crippen LogP contribution in [0.1, 0.15) is 18.5 Å². The van der Waals surface area contributed by atoms with Gasteiger partial charge in [-0.25, -0.2) is 0 Å². The number of pyridine rings is 1. The molecular formula is C12H17N3O2. The summed E-state index contributed by atoms with van der Waals surface area (Å²) < 4.78 is 0. The van der Waals surface area contributed by atoms with E-state index in [1.807, 2.05) is 24.0 Å². The van der Waals surface area contributed by atoms with Crippen LogP contribution in [-0.4, -0.2) is 46.6 Å².